The zero-order valence-corrected chi connectivity index (χ0v) is 8.27. The third kappa shape index (κ3) is 2.08. The summed E-state index contributed by atoms with van der Waals surface area (Å²) in [6.07, 6.45) is 0.784. The summed E-state index contributed by atoms with van der Waals surface area (Å²) in [6.45, 7) is 3.92. The number of hydrogen-bond donors (Lipinski definition) is 1. The van der Waals surface area contributed by atoms with E-state index in [0.29, 0.717) is 17.0 Å². The van der Waals surface area contributed by atoms with Crippen LogP contribution in [0.2, 0.25) is 0 Å². The SMILES string of the molecule is C=[N+]([O-])c1ccc2c(c1)C(N)CCO2.O. The highest BCUT2D eigenvalue weighted by molar-refractivity contribution is 5.47. The van der Waals surface area contributed by atoms with Crippen LogP contribution >= 0.6 is 0 Å². The van der Waals surface area contributed by atoms with E-state index in [0.717, 1.165) is 17.7 Å². The van der Waals surface area contributed by atoms with Gasteiger partial charge in [-0.05, 0) is 6.07 Å². The number of hydrogen-bond acceptors (Lipinski definition) is 3. The van der Waals surface area contributed by atoms with Gasteiger partial charge in [0.25, 0.3) is 0 Å². The maximum Gasteiger partial charge on any atom is 0.216 e. The average molecular weight is 210 g/mol. The van der Waals surface area contributed by atoms with Crippen LogP contribution in [0.15, 0.2) is 18.2 Å². The monoisotopic (exact) mass is 210 g/mol. The minimum absolute atomic E-state index is 0. The number of ether oxygens (including phenoxy) is 1. The molecule has 0 spiro atoms. The first kappa shape index (κ1) is 11.5. The Hall–Kier alpha value is -1.59. The third-order valence-corrected chi connectivity index (χ3v) is 2.37. The molecular formula is C10H14N2O3. The van der Waals surface area contributed by atoms with Gasteiger partial charge in [0.15, 0.2) is 0 Å². The van der Waals surface area contributed by atoms with E-state index in [4.69, 9.17) is 10.5 Å². The molecule has 1 heterocycles. The summed E-state index contributed by atoms with van der Waals surface area (Å²) >= 11 is 0. The van der Waals surface area contributed by atoms with Crippen molar-refractivity contribution < 1.29 is 15.0 Å². The van der Waals surface area contributed by atoms with E-state index in [1.807, 2.05) is 0 Å². The van der Waals surface area contributed by atoms with Crippen LogP contribution in [0.3, 0.4) is 0 Å². The Bertz CT molecular complexity index is 379. The van der Waals surface area contributed by atoms with E-state index in [9.17, 15) is 5.21 Å². The molecule has 1 aromatic carbocycles. The molecule has 0 aromatic heterocycles. The number of benzene rings is 1. The van der Waals surface area contributed by atoms with Gasteiger partial charge in [-0.3, -0.25) is 0 Å². The molecular weight excluding hydrogens is 196 g/mol. The molecule has 0 saturated heterocycles. The Balaban J connectivity index is 0.00000112. The Morgan fingerprint density at radius 2 is 2.27 bits per heavy atom. The summed E-state index contributed by atoms with van der Waals surface area (Å²) in [6, 6.07) is 5.13. The average Bonchev–Trinajstić information content (AvgIpc) is 2.18. The molecule has 0 amide bonds. The molecule has 82 valence electrons. The fourth-order valence-electron chi connectivity index (χ4n) is 1.56. The molecule has 0 bridgehead atoms. The fourth-order valence-corrected chi connectivity index (χ4v) is 1.56. The van der Waals surface area contributed by atoms with Crippen molar-refractivity contribution in [2.45, 2.75) is 12.5 Å². The Labute approximate surface area is 87.7 Å². The summed E-state index contributed by atoms with van der Waals surface area (Å²) in [5.74, 6) is 0.773. The van der Waals surface area contributed by atoms with Gasteiger partial charge in [0.2, 0.25) is 5.69 Å². The van der Waals surface area contributed by atoms with Gasteiger partial charge >= 0.3 is 0 Å². The summed E-state index contributed by atoms with van der Waals surface area (Å²) in [5, 5.41) is 11.0. The van der Waals surface area contributed by atoms with Gasteiger partial charge in [-0.1, -0.05) is 0 Å². The van der Waals surface area contributed by atoms with Crippen LogP contribution in [-0.4, -0.2) is 23.5 Å². The molecule has 2 rings (SSSR count). The van der Waals surface area contributed by atoms with Gasteiger partial charge < -0.3 is 21.2 Å². The van der Waals surface area contributed by atoms with E-state index >= 15 is 0 Å². The van der Waals surface area contributed by atoms with Crippen molar-refractivity contribution in [3.05, 3.63) is 29.0 Å². The summed E-state index contributed by atoms with van der Waals surface area (Å²) < 4.78 is 5.98. The lowest BCUT2D eigenvalue weighted by Crippen LogP contribution is -2.20. The Morgan fingerprint density at radius 1 is 1.53 bits per heavy atom. The van der Waals surface area contributed by atoms with Crippen LogP contribution in [0.1, 0.15) is 18.0 Å². The third-order valence-electron chi connectivity index (χ3n) is 2.37. The van der Waals surface area contributed by atoms with Gasteiger partial charge in [0.05, 0.1) is 6.61 Å². The smallest absolute Gasteiger partial charge is 0.216 e. The Kier molecular flexibility index (Phi) is 3.28. The lowest BCUT2D eigenvalue weighted by Gasteiger charge is -2.22. The highest BCUT2D eigenvalue weighted by Gasteiger charge is 2.19. The van der Waals surface area contributed by atoms with Gasteiger partial charge in [-0.2, -0.15) is 4.74 Å². The summed E-state index contributed by atoms with van der Waals surface area (Å²) in [4.78, 5) is 0. The minimum Gasteiger partial charge on any atom is -0.619 e. The highest BCUT2D eigenvalue weighted by atomic mass is 16.5. The van der Waals surface area contributed by atoms with Gasteiger partial charge in [0, 0.05) is 30.2 Å². The first-order valence-electron chi connectivity index (χ1n) is 4.48. The molecule has 1 unspecified atom stereocenters. The van der Waals surface area contributed by atoms with E-state index in [2.05, 4.69) is 6.72 Å². The van der Waals surface area contributed by atoms with Gasteiger partial charge in [0.1, 0.15) is 12.5 Å². The second-order valence-electron chi connectivity index (χ2n) is 3.34. The van der Waals surface area contributed by atoms with Crippen LogP contribution in [0.4, 0.5) is 5.69 Å². The minimum atomic E-state index is -0.0429. The maximum absolute atomic E-state index is 11.0. The molecule has 0 fully saturated rings. The zero-order valence-electron chi connectivity index (χ0n) is 8.27. The first-order chi connectivity index (χ1) is 6.68. The second-order valence-corrected chi connectivity index (χ2v) is 3.34. The second kappa shape index (κ2) is 4.29. The lowest BCUT2D eigenvalue weighted by molar-refractivity contribution is -0.350. The lowest BCUT2D eigenvalue weighted by atomic mass is 10.0. The van der Waals surface area contributed by atoms with Gasteiger partial charge in [-0.15, -0.1) is 0 Å². The Morgan fingerprint density at radius 3 is 2.93 bits per heavy atom. The van der Waals surface area contributed by atoms with Crippen molar-refractivity contribution in [3.63, 3.8) is 0 Å². The number of nitrogens with two attached hydrogens (primary N) is 1. The normalized spacial score (nSPS) is 18.3. The van der Waals surface area contributed by atoms with Crippen molar-refractivity contribution >= 4 is 12.4 Å². The molecule has 0 radical (unpaired) electrons. The quantitative estimate of drug-likeness (QED) is 0.316. The van der Waals surface area contributed by atoms with Crippen LogP contribution in [0.5, 0.6) is 5.75 Å². The molecule has 1 atom stereocenters. The van der Waals surface area contributed by atoms with Crippen molar-refractivity contribution in [2.75, 3.05) is 6.61 Å². The van der Waals surface area contributed by atoms with Crippen LogP contribution in [0, 0.1) is 5.21 Å². The molecule has 0 saturated carbocycles. The van der Waals surface area contributed by atoms with Gasteiger partial charge in [-0.25, -0.2) is 0 Å². The van der Waals surface area contributed by atoms with Crippen molar-refractivity contribution in [3.8, 4) is 5.75 Å². The molecule has 4 N–H and O–H groups in total. The largest absolute Gasteiger partial charge is 0.619 e. The van der Waals surface area contributed by atoms with E-state index in [1.54, 1.807) is 18.2 Å². The summed E-state index contributed by atoms with van der Waals surface area (Å²) in [5.41, 5.74) is 7.29. The molecule has 1 aliphatic heterocycles. The molecule has 1 aliphatic rings. The van der Waals surface area contributed by atoms with Crippen LogP contribution < -0.4 is 10.5 Å². The zero-order chi connectivity index (χ0) is 10.1. The standard InChI is InChI=1S/C10H12N2O2.H2O/c1-12(13)7-2-3-10-8(6-7)9(11)4-5-14-10;/h2-3,6,9H,1,4-5,11H2;1H2. The van der Waals surface area contributed by atoms with E-state index in [1.165, 1.54) is 0 Å². The highest BCUT2D eigenvalue weighted by Crippen LogP contribution is 2.32. The molecule has 1 aromatic rings. The first-order valence-corrected chi connectivity index (χ1v) is 4.48. The van der Waals surface area contributed by atoms with Crippen molar-refractivity contribution in [1.29, 1.82) is 0 Å². The molecule has 5 nitrogen and oxygen atoms in total. The number of rotatable bonds is 1. The molecule has 5 heteroatoms. The topological polar surface area (TPSA) is 92.8 Å². The fraction of sp³-hybridized carbons (Fsp3) is 0.300. The van der Waals surface area contributed by atoms with Crippen molar-refractivity contribution in [2.24, 2.45) is 5.73 Å². The number of nitrogens with zero attached hydrogens (tertiary/aromatic N) is 1. The van der Waals surface area contributed by atoms with Crippen LogP contribution in [-0.2, 0) is 0 Å². The molecule has 0 aliphatic carbocycles. The predicted molar refractivity (Wildman–Crippen MR) is 57.5 cm³/mol. The van der Waals surface area contributed by atoms with E-state index < -0.39 is 0 Å². The van der Waals surface area contributed by atoms with E-state index in [-0.39, 0.29) is 11.5 Å². The maximum atomic E-state index is 11.0. The van der Waals surface area contributed by atoms with Crippen molar-refractivity contribution in [1.82, 2.24) is 0 Å². The number of fused-ring (bicyclic) bond motifs is 1. The molecule has 15 heavy (non-hydrogen) atoms. The predicted octanol–water partition coefficient (Wildman–Crippen LogP) is 0.487. The van der Waals surface area contributed by atoms with Crippen LogP contribution in [0.25, 0.3) is 0 Å². The summed E-state index contributed by atoms with van der Waals surface area (Å²) in [7, 11) is 0.